The molecule has 0 unspecified atom stereocenters. The highest BCUT2D eigenvalue weighted by Gasteiger charge is 2.17. The van der Waals surface area contributed by atoms with E-state index in [-0.39, 0.29) is 0 Å². The summed E-state index contributed by atoms with van der Waals surface area (Å²) in [5, 5.41) is 3.86. The molecule has 0 fully saturated rings. The molecule has 0 radical (unpaired) electrons. The van der Waals surface area contributed by atoms with E-state index in [9.17, 15) is 4.79 Å². The summed E-state index contributed by atoms with van der Waals surface area (Å²) < 4.78 is 6.24. The van der Waals surface area contributed by atoms with Crippen LogP contribution in [-0.4, -0.2) is 27.5 Å². The van der Waals surface area contributed by atoms with Crippen LogP contribution in [0.4, 0.5) is 11.1 Å². The summed E-state index contributed by atoms with van der Waals surface area (Å²) in [4.78, 5) is 26.8. The third-order valence-corrected chi connectivity index (χ3v) is 5.97. The van der Waals surface area contributed by atoms with Crippen LogP contribution in [0, 0.1) is 0 Å². The lowest BCUT2D eigenvalue weighted by atomic mass is 10.2. The molecule has 4 rings (SSSR count). The molecule has 0 aliphatic rings. The molecule has 29 heavy (non-hydrogen) atoms. The number of thiazole rings is 1. The van der Waals surface area contributed by atoms with Gasteiger partial charge in [0.25, 0.3) is 0 Å². The highest BCUT2D eigenvalue weighted by Crippen LogP contribution is 2.28. The number of nitrogens with zero attached hydrogens (tertiary/aromatic N) is 3. The number of rotatable bonds is 7. The van der Waals surface area contributed by atoms with E-state index in [1.165, 1.54) is 17.5 Å². The van der Waals surface area contributed by atoms with E-state index in [2.05, 4.69) is 20.3 Å². The summed E-state index contributed by atoms with van der Waals surface area (Å²) in [6.07, 6.45) is 1.52. The van der Waals surface area contributed by atoms with E-state index in [4.69, 9.17) is 4.74 Å². The number of thioether (sulfide) groups is 1. The molecule has 0 saturated carbocycles. The van der Waals surface area contributed by atoms with Gasteiger partial charge in [0.05, 0.1) is 22.5 Å². The number of esters is 1. The van der Waals surface area contributed by atoms with Crippen molar-refractivity contribution in [2.75, 3.05) is 11.9 Å². The number of benzene rings is 2. The lowest BCUT2D eigenvalue weighted by Gasteiger charge is -2.10. The lowest BCUT2D eigenvalue weighted by Crippen LogP contribution is -2.11. The molecule has 146 valence electrons. The first-order chi connectivity index (χ1) is 14.2. The van der Waals surface area contributed by atoms with Crippen LogP contribution in [-0.2, 0) is 10.5 Å². The number of hydrogen-bond acceptors (Lipinski definition) is 8. The predicted octanol–water partition coefficient (Wildman–Crippen LogP) is 5.30. The highest BCUT2D eigenvalue weighted by molar-refractivity contribution is 7.98. The van der Waals surface area contributed by atoms with Gasteiger partial charge in [0.2, 0.25) is 5.95 Å². The first-order valence-corrected chi connectivity index (χ1v) is 10.9. The maximum absolute atomic E-state index is 12.3. The van der Waals surface area contributed by atoms with Gasteiger partial charge < -0.3 is 10.1 Å². The van der Waals surface area contributed by atoms with Gasteiger partial charge in [-0.3, -0.25) is 0 Å². The van der Waals surface area contributed by atoms with Gasteiger partial charge in [0.15, 0.2) is 5.13 Å². The normalized spacial score (nSPS) is 10.8. The van der Waals surface area contributed by atoms with Crippen molar-refractivity contribution >= 4 is 50.4 Å². The topological polar surface area (TPSA) is 77.0 Å². The van der Waals surface area contributed by atoms with Gasteiger partial charge in [-0.15, -0.1) is 11.8 Å². The molecule has 0 aliphatic heterocycles. The number of carbonyl (C=O) groups excluding carboxylic acids is 1. The summed E-state index contributed by atoms with van der Waals surface area (Å²) >= 11 is 3.13. The van der Waals surface area contributed by atoms with Crippen LogP contribution in [0.5, 0.6) is 0 Å². The Morgan fingerprint density at radius 2 is 1.90 bits per heavy atom. The Morgan fingerprint density at radius 1 is 1.10 bits per heavy atom. The molecule has 2 heterocycles. The van der Waals surface area contributed by atoms with Crippen molar-refractivity contribution in [3.05, 3.63) is 72.1 Å². The zero-order valence-corrected chi connectivity index (χ0v) is 17.3. The molecule has 2 aromatic heterocycles. The van der Waals surface area contributed by atoms with Gasteiger partial charge in [0, 0.05) is 16.8 Å². The Bertz CT molecular complexity index is 1100. The summed E-state index contributed by atoms with van der Waals surface area (Å²) in [5.74, 6) is 0.512. The molecule has 0 spiro atoms. The monoisotopic (exact) mass is 422 g/mol. The first-order valence-electron chi connectivity index (χ1n) is 9.06. The van der Waals surface area contributed by atoms with E-state index < -0.39 is 5.97 Å². The third-order valence-electron chi connectivity index (χ3n) is 3.99. The molecule has 0 bridgehead atoms. The van der Waals surface area contributed by atoms with Gasteiger partial charge in [-0.05, 0) is 31.2 Å². The maximum Gasteiger partial charge on any atom is 0.341 e. The van der Waals surface area contributed by atoms with Gasteiger partial charge in [-0.25, -0.2) is 19.7 Å². The molecule has 0 amide bonds. The molecule has 0 aliphatic carbocycles. The fraction of sp³-hybridized carbons (Fsp3) is 0.143. The predicted molar refractivity (Wildman–Crippen MR) is 117 cm³/mol. The van der Waals surface area contributed by atoms with Gasteiger partial charge in [0.1, 0.15) is 5.56 Å². The van der Waals surface area contributed by atoms with Crippen LogP contribution in [0.3, 0.4) is 0 Å². The van der Waals surface area contributed by atoms with E-state index in [0.717, 1.165) is 15.1 Å². The van der Waals surface area contributed by atoms with Gasteiger partial charge in [-0.2, -0.15) is 0 Å². The Labute approximate surface area is 176 Å². The number of hydrogen-bond donors (Lipinski definition) is 1. The maximum atomic E-state index is 12.3. The van der Waals surface area contributed by atoms with Crippen LogP contribution in [0.15, 0.2) is 65.7 Å². The van der Waals surface area contributed by atoms with Crippen molar-refractivity contribution in [1.29, 1.82) is 0 Å². The minimum Gasteiger partial charge on any atom is -0.462 e. The molecular weight excluding hydrogens is 404 g/mol. The minimum absolute atomic E-state index is 0.301. The Morgan fingerprint density at radius 3 is 2.69 bits per heavy atom. The molecule has 6 nitrogen and oxygen atoms in total. The number of anilines is 2. The van der Waals surface area contributed by atoms with Crippen molar-refractivity contribution in [2.45, 2.75) is 17.6 Å². The first kappa shape index (κ1) is 19.4. The average molecular weight is 423 g/mol. The molecule has 8 heteroatoms. The van der Waals surface area contributed by atoms with E-state index >= 15 is 0 Å². The largest absolute Gasteiger partial charge is 0.462 e. The van der Waals surface area contributed by atoms with Crippen LogP contribution < -0.4 is 5.32 Å². The fourth-order valence-electron chi connectivity index (χ4n) is 2.66. The van der Waals surface area contributed by atoms with Crippen molar-refractivity contribution in [1.82, 2.24) is 15.0 Å². The summed E-state index contributed by atoms with van der Waals surface area (Å²) in [7, 11) is 0. The van der Waals surface area contributed by atoms with E-state index in [1.807, 2.05) is 54.6 Å². The second kappa shape index (κ2) is 9.02. The third kappa shape index (κ3) is 4.72. The number of fused-ring (bicyclic) bond motifs is 1. The van der Waals surface area contributed by atoms with Crippen LogP contribution >= 0.6 is 23.1 Å². The molecule has 0 atom stereocenters. The molecule has 4 aromatic rings. The SMILES string of the molecule is CCOC(=O)c1cnc(Nc2nc3ccccc3s2)nc1CSc1ccccc1. The molecule has 2 aromatic carbocycles. The van der Waals surface area contributed by atoms with Gasteiger partial charge >= 0.3 is 5.97 Å². The summed E-state index contributed by atoms with van der Waals surface area (Å²) in [6.45, 7) is 2.08. The quantitative estimate of drug-likeness (QED) is 0.320. The van der Waals surface area contributed by atoms with Crippen molar-refractivity contribution in [3.8, 4) is 0 Å². The average Bonchev–Trinajstić information content (AvgIpc) is 3.15. The van der Waals surface area contributed by atoms with Crippen molar-refractivity contribution in [2.24, 2.45) is 0 Å². The van der Waals surface area contributed by atoms with Gasteiger partial charge in [-0.1, -0.05) is 41.7 Å². The zero-order valence-electron chi connectivity index (χ0n) is 15.7. The van der Waals surface area contributed by atoms with Crippen LogP contribution in [0.1, 0.15) is 23.0 Å². The van der Waals surface area contributed by atoms with E-state index in [0.29, 0.717) is 34.7 Å². The highest BCUT2D eigenvalue weighted by atomic mass is 32.2. The van der Waals surface area contributed by atoms with Crippen LogP contribution in [0.2, 0.25) is 0 Å². The number of aromatic nitrogens is 3. The number of carbonyl (C=O) groups is 1. The Balaban J connectivity index is 1.59. The number of ether oxygens (including phenoxy) is 1. The smallest absolute Gasteiger partial charge is 0.341 e. The Hall–Kier alpha value is -2.97. The Kier molecular flexibility index (Phi) is 6.02. The second-order valence-corrected chi connectivity index (χ2v) is 8.07. The summed E-state index contributed by atoms with van der Waals surface area (Å²) in [5.41, 5.74) is 1.92. The second-order valence-electron chi connectivity index (χ2n) is 5.99. The van der Waals surface area contributed by atoms with Crippen LogP contribution in [0.25, 0.3) is 10.2 Å². The zero-order chi connectivity index (χ0) is 20.1. The molecule has 0 saturated heterocycles. The fourth-order valence-corrected chi connectivity index (χ4v) is 4.39. The number of para-hydroxylation sites is 1. The molecule has 1 N–H and O–H groups in total. The van der Waals surface area contributed by atoms with Crippen molar-refractivity contribution in [3.63, 3.8) is 0 Å². The minimum atomic E-state index is -0.414. The number of nitrogens with one attached hydrogen (secondary N) is 1. The summed E-state index contributed by atoms with van der Waals surface area (Å²) in [6, 6.07) is 17.9. The van der Waals surface area contributed by atoms with Crippen molar-refractivity contribution < 1.29 is 9.53 Å². The van der Waals surface area contributed by atoms with E-state index in [1.54, 1.807) is 18.7 Å². The standard InChI is InChI=1S/C21H18N4O2S2/c1-2-27-19(26)15-12-22-20(23-17(15)13-28-14-8-4-3-5-9-14)25-21-24-16-10-6-7-11-18(16)29-21/h3-12H,2,13H2,1H3,(H,22,23,24,25). The lowest BCUT2D eigenvalue weighted by molar-refractivity contribution is 0.0524. The molecular formula is C21H18N4O2S2.